The quantitative estimate of drug-likeness (QED) is 0.866. The number of anilines is 2. The Bertz CT molecular complexity index is 545. The van der Waals surface area contributed by atoms with Crippen molar-refractivity contribution in [3.05, 3.63) is 23.8 Å². The van der Waals surface area contributed by atoms with Crippen molar-refractivity contribution in [2.24, 2.45) is 0 Å². The number of benzene rings is 1. The van der Waals surface area contributed by atoms with Crippen molar-refractivity contribution in [2.75, 3.05) is 30.4 Å². The summed E-state index contributed by atoms with van der Waals surface area (Å²) in [7, 11) is 1.53. The molecule has 1 aliphatic rings. The number of amides is 3. The topological polar surface area (TPSA) is 52.6 Å². The number of nitrogens with zero attached hydrogens (tertiary/aromatic N) is 2. The third-order valence-electron chi connectivity index (χ3n) is 3.03. The van der Waals surface area contributed by atoms with Crippen LogP contribution in [0, 0.1) is 0 Å². The van der Waals surface area contributed by atoms with Crippen molar-refractivity contribution in [2.45, 2.75) is 6.18 Å². The highest BCUT2D eigenvalue weighted by atomic mass is 19.4. The molecule has 1 N–H and O–H groups in total. The highest BCUT2D eigenvalue weighted by molar-refractivity contribution is 5.95. The Morgan fingerprint density at radius 2 is 2.00 bits per heavy atom. The minimum absolute atomic E-state index is 0.0241. The first kappa shape index (κ1) is 14.2. The summed E-state index contributed by atoms with van der Waals surface area (Å²) in [4.78, 5) is 24.5. The van der Waals surface area contributed by atoms with E-state index < -0.39 is 17.8 Å². The van der Waals surface area contributed by atoms with Crippen LogP contribution in [0.1, 0.15) is 5.56 Å². The Kier molecular flexibility index (Phi) is 3.56. The molecule has 0 saturated carbocycles. The smallest absolute Gasteiger partial charge is 0.329 e. The minimum Gasteiger partial charge on any atom is -0.329 e. The van der Waals surface area contributed by atoms with Gasteiger partial charge in [-0.3, -0.25) is 9.69 Å². The molecule has 108 valence electrons. The van der Waals surface area contributed by atoms with Crippen LogP contribution in [0.5, 0.6) is 0 Å². The largest absolute Gasteiger partial charge is 0.418 e. The molecule has 1 aliphatic heterocycles. The van der Waals surface area contributed by atoms with E-state index in [0.29, 0.717) is 13.0 Å². The van der Waals surface area contributed by atoms with Crippen LogP contribution in [-0.4, -0.2) is 37.5 Å². The maximum Gasteiger partial charge on any atom is 0.418 e. The van der Waals surface area contributed by atoms with Crippen molar-refractivity contribution in [3.63, 3.8) is 0 Å². The summed E-state index contributed by atoms with van der Waals surface area (Å²) >= 11 is 0. The monoisotopic (exact) mass is 287 g/mol. The first-order chi connectivity index (χ1) is 9.34. The lowest BCUT2D eigenvalue weighted by Crippen LogP contribution is -2.30. The molecule has 0 atom stereocenters. The molecule has 0 aromatic heterocycles. The zero-order valence-corrected chi connectivity index (χ0v) is 10.6. The summed E-state index contributed by atoms with van der Waals surface area (Å²) in [6.45, 7) is 0.559. The number of urea groups is 1. The van der Waals surface area contributed by atoms with Gasteiger partial charge in [-0.2, -0.15) is 13.2 Å². The van der Waals surface area contributed by atoms with Crippen LogP contribution in [0.3, 0.4) is 0 Å². The number of hydrogen-bond donors (Lipinski definition) is 1. The first-order valence-corrected chi connectivity index (χ1v) is 5.78. The van der Waals surface area contributed by atoms with Crippen molar-refractivity contribution < 1.29 is 22.8 Å². The van der Waals surface area contributed by atoms with Gasteiger partial charge in [0.25, 0.3) is 0 Å². The molecule has 1 aromatic carbocycles. The number of carbonyl (C=O) groups excluding carboxylic acids is 2. The average Bonchev–Trinajstić information content (AvgIpc) is 2.70. The van der Waals surface area contributed by atoms with Gasteiger partial charge in [0.15, 0.2) is 0 Å². The highest BCUT2D eigenvalue weighted by Gasteiger charge is 2.38. The fraction of sp³-hybridized carbons (Fsp3) is 0.333. The molecule has 1 fully saturated rings. The molecule has 20 heavy (non-hydrogen) atoms. The van der Waals surface area contributed by atoms with Gasteiger partial charge in [0, 0.05) is 25.8 Å². The Morgan fingerprint density at radius 1 is 1.30 bits per heavy atom. The summed E-state index contributed by atoms with van der Waals surface area (Å²) in [5.41, 5.74) is -1.13. The molecule has 1 aromatic rings. The number of halogens is 3. The van der Waals surface area contributed by atoms with Gasteiger partial charge in [-0.25, -0.2) is 4.79 Å². The average molecular weight is 287 g/mol. The first-order valence-electron chi connectivity index (χ1n) is 5.78. The summed E-state index contributed by atoms with van der Waals surface area (Å²) in [6, 6.07) is 2.85. The fourth-order valence-electron chi connectivity index (χ4n) is 2.03. The van der Waals surface area contributed by atoms with Crippen LogP contribution in [0.15, 0.2) is 18.2 Å². The van der Waals surface area contributed by atoms with E-state index >= 15 is 0 Å². The van der Waals surface area contributed by atoms with Crippen molar-refractivity contribution in [1.29, 1.82) is 0 Å². The Balaban J connectivity index is 2.47. The predicted molar refractivity (Wildman–Crippen MR) is 66.5 cm³/mol. The van der Waals surface area contributed by atoms with E-state index in [-0.39, 0.29) is 17.9 Å². The van der Waals surface area contributed by atoms with Gasteiger partial charge in [-0.1, -0.05) is 0 Å². The lowest BCUT2D eigenvalue weighted by atomic mass is 10.1. The third-order valence-corrected chi connectivity index (χ3v) is 3.03. The van der Waals surface area contributed by atoms with E-state index in [4.69, 9.17) is 0 Å². The molecule has 0 aliphatic carbocycles. The van der Waals surface area contributed by atoms with E-state index in [1.807, 2.05) is 0 Å². The summed E-state index contributed by atoms with van der Waals surface area (Å²) in [5.74, 6) is 0. The molecule has 0 unspecified atom stereocenters. The molecule has 2 rings (SSSR count). The SMILES string of the molecule is CN1CCN(c2ccc(NC=O)cc2C(F)(F)F)C1=O. The van der Waals surface area contributed by atoms with E-state index in [2.05, 4.69) is 5.32 Å². The molecular weight excluding hydrogens is 275 g/mol. The highest BCUT2D eigenvalue weighted by Crippen LogP contribution is 2.39. The van der Waals surface area contributed by atoms with E-state index in [1.165, 1.54) is 24.1 Å². The molecule has 1 saturated heterocycles. The molecule has 8 heteroatoms. The minimum atomic E-state index is -4.61. The second kappa shape index (κ2) is 5.03. The second-order valence-electron chi connectivity index (χ2n) is 4.35. The standard InChI is InChI=1S/C12H12F3N3O2/c1-17-4-5-18(11(17)20)10-3-2-8(16-7-19)6-9(10)12(13,14)15/h2-3,6-7H,4-5H2,1H3,(H,16,19). The van der Waals surface area contributed by atoms with E-state index in [9.17, 15) is 22.8 Å². The molecule has 3 amide bonds. The second-order valence-corrected chi connectivity index (χ2v) is 4.35. The zero-order valence-electron chi connectivity index (χ0n) is 10.6. The Hall–Kier alpha value is -2.25. The van der Waals surface area contributed by atoms with Gasteiger partial charge < -0.3 is 10.2 Å². The molecule has 0 spiro atoms. The zero-order chi connectivity index (χ0) is 14.9. The van der Waals surface area contributed by atoms with Gasteiger partial charge in [-0.15, -0.1) is 0 Å². The van der Waals surface area contributed by atoms with Gasteiger partial charge in [-0.05, 0) is 18.2 Å². The molecular formula is C12H12F3N3O2. The number of rotatable bonds is 3. The molecule has 1 heterocycles. The van der Waals surface area contributed by atoms with E-state index in [1.54, 1.807) is 0 Å². The van der Waals surface area contributed by atoms with Crippen molar-refractivity contribution in [1.82, 2.24) is 4.90 Å². The van der Waals surface area contributed by atoms with Crippen LogP contribution in [0.25, 0.3) is 0 Å². The molecule has 0 radical (unpaired) electrons. The number of nitrogens with one attached hydrogen (secondary N) is 1. The third kappa shape index (κ3) is 2.54. The Labute approximate surface area is 113 Å². The lowest BCUT2D eigenvalue weighted by molar-refractivity contribution is -0.137. The van der Waals surface area contributed by atoms with Gasteiger partial charge in [0.05, 0.1) is 11.3 Å². The number of alkyl halides is 3. The van der Waals surface area contributed by atoms with Crippen molar-refractivity contribution in [3.8, 4) is 0 Å². The maximum atomic E-state index is 13.1. The summed E-state index contributed by atoms with van der Waals surface area (Å²) in [6.07, 6.45) is -4.32. The number of hydrogen-bond acceptors (Lipinski definition) is 2. The maximum absolute atomic E-state index is 13.1. The van der Waals surface area contributed by atoms with Crippen molar-refractivity contribution >= 4 is 23.8 Å². The Morgan fingerprint density at radius 3 is 2.50 bits per heavy atom. The van der Waals surface area contributed by atoms with Crippen LogP contribution in [0.2, 0.25) is 0 Å². The van der Waals surface area contributed by atoms with E-state index in [0.717, 1.165) is 11.0 Å². The van der Waals surface area contributed by atoms with Gasteiger partial charge in [0.1, 0.15) is 0 Å². The number of likely N-dealkylation sites (N-methyl/N-ethyl adjacent to an activating group) is 1. The lowest BCUT2D eigenvalue weighted by Gasteiger charge is -2.21. The van der Waals surface area contributed by atoms with Gasteiger partial charge in [0.2, 0.25) is 6.41 Å². The normalized spacial score (nSPS) is 15.7. The number of carbonyl (C=O) groups is 2. The summed E-state index contributed by atoms with van der Waals surface area (Å²) in [5, 5.41) is 2.16. The molecule has 0 bridgehead atoms. The predicted octanol–water partition coefficient (Wildman–Crippen LogP) is 2.15. The fourth-order valence-corrected chi connectivity index (χ4v) is 2.03. The molecule has 5 nitrogen and oxygen atoms in total. The van der Waals surface area contributed by atoms with Crippen LogP contribution in [0.4, 0.5) is 29.3 Å². The van der Waals surface area contributed by atoms with Crippen LogP contribution >= 0.6 is 0 Å². The van der Waals surface area contributed by atoms with Crippen LogP contribution in [-0.2, 0) is 11.0 Å². The van der Waals surface area contributed by atoms with Crippen LogP contribution < -0.4 is 10.2 Å². The van der Waals surface area contributed by atoms with Gasteiger partial charge >= 0.3 is 12.2 Å². The summed E-state index contributed by atoms with van der Waals surface area (Å²) < 4.78 is 39.2.